The first-order chi connectivity index (χ1) is 10.9. The molecule has 122 valence electrons. The van der Waals surface area contributed by atoms with Gasteiger partial charge >= 0.3 is 5.97 Å². The molecule has 2 unspecified atom stereocenters. The number of hydrogen-bond acceptors (Lipinski definition) is 3. The van der Waals surface area contributed by atoms with Crippen LogP contribution in [0.2, 0.25) is 0 Å². The van der Waals surface area contributed by atoms with Gasteiger partial charge in [-0.05, 0) is 25.0 Å². The molecule has 0 saturated carbocycles. The van der Waals surface area contributed by atoms with Crippen molar-refractivity contribution in [1.82, 2.24) is 4.90 Å². The maximum atomic E-state index is 12.6. The second-order valence-electron chi connectivity index (χ2n) is 5.73. The Bertz CT molecular complexity index is 652. The number of allylic oxidation sites excluding steroid dienone is 2. The van der Waals surface area contributed by atoms with Crippen LogP contribution in [0.3, 0.4) is 0 Å². The van der Waals surface area contributed by atoms with Crippen molar-refractivity contribution >= 4 is 23.5 Å². The maximum Gasteiger partial charge on any atom is 0.337 e. The van der Waals surface area contributed by atoms with Crippen LogP contribution in [0.15, 0.2) is 36.4 Å². The van der Waals surface area contributed by atoms with Gasteiger partial charge in [-0.2, -0.15) is 0 Å². The second-order valence-corrected chi connectivity index (χ2v) is 5.73. The normalized spacial score (nSPS) is 19.9. The highest BCUT2D eigenvalue weighted by Gasteiger charge is 2.35. The highest BCUT2D eigenvalue weighted by Crippen LogP contribution is 2.29. The van der Waals surface area contributed by atoms with Crippen LogP contribution in [-0.2, 0) is 9.59 Å². The number of carboxylic acid groups (broad SMARTS) is 1. The molecular weight excluding hydrogens is 296 g/mol. The van der Waals surface area contributed by atoms with Crippen LogP contribution in [0.5, 0.6) is 0 Å². The van der Waals surface area contributed by atoms with Gasteiger partial charge in [0.2, 0.25) is 11.8 Å². The van der Waals surface area contributed by atoms with Crippen LogP contribution in [0.4, 0.5) is 5.69 Å². The van der Waals surface area contributed by atoms with E-state index in [0.717, 1.165) is 0 Å². The zero-order valence-electron chi connectivity index (χ0n) is 13.2. The number of para-hydroxylation sites is 1. The van der Waals surface area contributed by atoms with Crippen LogP contribution in [0, 0.1) is 11.8 Å². The average Bonchev–Trinajstić information content (AvgIpc) is 2.54. The number of nitrogens with zero attached hydrogens (tertiary/aromatic N) is 1. The van der Waals surface area contributed by atoms with E-state index in [0.29, 0.717) is 12.8 Å². The van der Waals surface area contributed by atoms with Gasteiger partial charge in [-0.25, -0.2) is 4.79 Å². The van der Waals surface area contributed by atoms with Crippen molar-refractivity contribution < 1.29 is 19.5 Å². The van der Waals surface area contributed by atoms with E-state index in [2.05, 4.69) is 5.32 Å². The van der Waals surface area contributed by atoms with Crippen LogP contribution < -0.4 is 5.32 Å². The molecule has 2 N–H and O–H groups in total. The summed E-state index contributed by atoms with van der Waals surface area (Å²) in [6.07, 6.45) is 4.76. The van der Waals surface area contributed by atoms with E-state index in [1.54, 1.807) is 32.3 Å². The summed E-state index contributed by atoms with van der Waals surface area (Å²) < 4.78 is 0. The number of rotatable bonds is 4. The van der Waals surface area contributed by atoms with Gasteiger partial charge in [0.05, 0.1) is 23.1 Å². The Kier molecular flexibility index (Phi) is 5.16. The molecule has 0 bridgehead atoms. The minimum absolute atomic E-state index is 0.0303. The van der Waals surface area contributed by atoms with Crippen molar-refractivity contribution in [2.45, 2.75) is 12.8 Å². The van der Waals surface area contributed by atoms with Crippen LogP contribution in [0.25, 0.3) is 0 Å². The summed E-state index contributed by atoms with van der Waals surface area (Å²) in [5.41, 5.74) is 0.276. The highest BCUT2D eigenvalue weighted by molar-refractivity contribution is 6.02. The quantitative estimate of drug-likeness (QED) is 0.832. The number of carbonyl (C=O) groups is 3. The lowest BCUT2D eigenvalue weighted by atomic mass is 9.81. The first kappa shape index (κ1) is 16.7. The number of carbonyl (C=O) groups excluding carboxylic acids is 2. The summed E-state index contributed by atoms with van der Waals surface area (Å²) in [6.45, 7) is 0. The van der Waals surface area contributed by atoms with E-state index in [1.807, 2.05) is 12.2 Å². The fourth-order valence-electron chi connectivity index (χ4n) is 2.71. The van der Waals surface area contributed by atoms with E-state index in [4.69, 9.17) is 0 Å². The van der Waals surface area contributed by atoms with Gasteiger partial charge in [0.1, 0.15) is 0 Å². The van der Waals surface area contributed by atoms with Crippen molar-refractivity contribution in [3.8, 4) is 0 Å². The van der Waals surface area contributed by atoms with Crippen molar-refractivity contribution in [3.05, 3.63) is 42.0 Å². The fraction of sp³-hybridized carbons (Fsp3) is 0.353. The van der Waals surface area contributed by atoms with Gasteiger partial charge in [0.15, 0.2) is 0 Å². The molecule has 0 fully saturated rings. The van der Waals surface area contributed by atoms with Crippen molar-refractivity contribution in [3.63, 3.8) is 0 Å². The Morgan fingerprint density at radius 3 is 2.30 bits per heavy atom. The molecule has 0 aromatic heterocycles. The number of carboxylic acids is 1. The Hall–Kier alpha value is -2.63. The van der Waals surface area contributed by atoms with Gasteiger partial charge in [0.25, 0.3) is 0 Å². The van der Waals surface area contributed by atoms with E-state index >= 15 is 0 Å². The molecule has 6 heteroatoms. The Labute approximate surface area is 134 Å². The minimum atomic E-state index is -1.11. The smallest absolute Gasteiger partial charge is 0.337 e. The van der Waals surface area contributed by atoms with Gasteiger partial charge in [0, 0.05) is 14.1 Å². The number of amides is 2. The van der Waals surface area contributed by atoms with Gasteiger partial charge in [-0.15, -0.1) is 0 Å². The first-order valence-corrected chi connectivity index (χ1v) is 7.41. The lowest BCUT2D eigenvalue weighted by Gasteiger charge is -2.28. The Morgan fingerprint density at radius 1 is 1.09 bits per heavy atom. The number of hydrogen-bond donors (Lipinski definition) is 2. The summed E-state index contributed by atoms with van der Waals surface area (Å²) in [6, 6.07) is 6.23. The van der Waals surface area contributed by atoms with E-state index in [1.165, 1.54) is 11.0 Å². The Balaban J connectivity index is 2.21. The zero-order chi connectivity index (χ0) is 17.0. The molecule has 23 heavy (non-hydrogen) atoms. The van der Waals surface area contributed by atoms with Crippen LogP contribution >= 0.6 is 0 Å². The standard InChI is InChI=1S/C17H20N2O4/c1-19(2)16(21)12-8-4-3-7-11(12)15(20)18-14-10-6-5-9-13(14)17(22)23/h3-6,9-12H,7-8H2,1-2H3,(H,18,20)(H,22,23). The van der Waals surface area contributed by atoms with Crippen molar-refractivity contribution in [1.29, 1.82) is 0 Å². The molecule has 1 aliphatic carbocycles. The average molecular weight is 316 g/mol. The van der Waals surface area contributed by atoms with Crippen LogP contribution in [0.1, 0.15) is 23.2 Å². The molecule has 2 amide bonds. The Morgan fingerprint density at radius 2 is 1.70 bits per heavy atom. The first-order valence-electron chi connectivity index (χ1n) is 7.41. The number of aromatic carboxylic acids is 1. The van der Waals surface area contributed by atoms with Gasteiger partial charge in [-0.1, -0.05) is 24.3 Å². The predicted molar refractivity (Wildman–Crippen MR) is 86.1 cm³/mol. The summed E-state index contributed by atoms with van der Waals surface area (Å²) >= 11 is 0. The SMILES string of the molecule is CN(C)C(=O)C1CC=CCC1C(=O)Nc1ccccc1C(=O)O. The van der Waals surface area contributed by atoms with E-state index < -0.39 is 17.8 Å². The van der Waals surface area contributed by atoms with Gasteiger partial charge in [-0.3, -0.25) is 9.59 Å². The lowest BCUT2D eigenvalue weighted by Crippen LogP contribution is -2.40. The minimum Gasteiger partial charge on any atom is -0.478 e. The number of benzene rings is 1. The summed E-state index contributed by atoms with van der Waals surface area (Å²) in [4.78, 5) is 37.5. The molecular formula is C17H20N2O4. The highest BCUT2D eigenvalue weighted by atomic mass is 16.4. The third-order valence-electron chi connectivity index (χ3n) is 3.94. The fourth-order valence-corrected chi connectivity index (χ4v) is 2.71. The monoisotopic (exact) mass is 316 g/mol. The molecule has 0 spiro atoms. The van der Waals surface area contributed by atoms with E-state index in [-0.39, 0.29) is 23.1 Å². The summed E-state index contributed by atoms with van der Waals surface area (Å²) in [7, 11) is 3.32. The molecule has 0 aliphatic heterocycles. The van der Waals surface area contributed by atoms with Crippen molar-refractivity contribution in [2.75, 3.05) is 19.4 Å². The number of anilines is 1. The molecule has 0 saturated heterocycles. The predicted octanol–water partition coefficient (Wildman–Crippen LogP) is 1.99. The summed E-state index contributed by atoms with van der Waals surface area (Å²) in [5, 5.41) is 11.8. The maximum absolute atomic E-state index is 12.6. The molecule has 2 rings (SSSR count). The number of nitrogens with one attached hydrogen (secondary N) is 1. The lowest BCUT2D eigenvalue weighted by molar-refractivity contribution is -0.138. The van der Waals surface area contributed by atoms with E-state index in [9.17, 15) is 19.5 Å². The molecule has 1 aromatic carbocycles. The van der Waals surface area contributed by atoms with Crippen molar-refractivity contribution in [2.24, 2.45) is 11.8 Å². The van der Waals surface area contributed by atoms with Gasteiger partial charge < -0.3 is 15.3 Å². The van der Waals surface area contributed by atoms with Crippen LogP contribution in [-0.4, -0.2) is 41.9 Å². The third-order valence-corrected chi connectivity index (χ3v) is 3.94. The molecule has 1 aromatic rings. The molecule has 6 nitrogen and oxygen atoms in total. The molecule has 1 aliphatic rings. The largest absolute Gasteiger partial charge is 0.478 e. The zero-order valence-corrected chi connectivity index (χ0v) is 13.2. The summed E-state index contributed by atoms with van der Waals surface area (Å²) in [5.74, 6) is -2.46. The molecule has 0 radical (unpaired) electrons. The third kappa shape index (κ3) is 3.77. The topological polar surface area (TPSA) is 86.7 Å². The second kappa shape index (κ2) is 7.09. The molecule has 2 atom stereocenters. The molecule has 0 heterocycles.